The smallest absolute Gasteiger partial charge is 0.320 e. The SMILES string of the molecule is NC(Cc1ccc(-n2cc(Br)cn2)cc1)C(=O)O. The summed E-state index contributed by atoms with van der Waals surface area (Å²) in [6.45, 7) is 0. The first-order chi connectivity index (χ1) is 8.56. The number of aromatic nitrogens is 2. The molecule has 18 heavy (non-hydrogen) atoms. The third-order valence-electron chi connectivity index (χ3n) is 2.52. The number of carbonyl (C=O) groups is 1. The zero-order chi connectivity index (χ0) is 13.1. The number of carboxylic acids is 1. The Hall–Kier alpha value is -1.66. The van der Waals surface area contributed by atoms with E-state index >= 15 is 0 Å². The van der Waals surface area contributed by atoms with E-state index in [9.17, 15) is 4.79 Å². The molecule has 0 saturated carbocycles. The van der Waals surface area contributed by atoms with Gasteiger partial charge in [0.2, 0.25) is 0 Å². The lowest BCUT2D eigenvalue weighted by Crippen LogP contribution is -2.32. The molecule has 94 valence electrons. The number of hydrogen-bond donors (Lipinski definition) is 2. The Morgan fingerprint density at radius 3 is 2.61 bits per heavy atom. The molecular formula is C12H12BrN3O2. The quantitative estimate of drug-likeness (QED) is 0.898. The van der Waals surface area contributed by atoms with E-state index in [0.717, 1.165) is 15.7 Å². The zero-order valence-electron chi connectivity index (χ0n) is 9.45. The lowest BCUT2D eigenvalue weighted by molar-refractivity contribution is -0.138. The number of hydrogen-bond acceptors (Lipinski definition) is 3. The van der Waals surface area contributed by atoms with Gasteiger partial charge in [-0.05, 0) is 40.0 Å². The van der Waals surface area contributed by atoms with Gasteiger partial charge in [0.05, 0.1) is 16.4 Å². The molecular weight excluding hydrogens is 298 g/mol. The highest BCUT2D eigenvalue weighted by Gasteiger charge is 2.11. The van der Waals surface area contributed by atoms with Crippen molar-refractivity contribution in [1.82, 2.24) is 9.78 Å². The second-order valence-electron chi connectivity index (χ2n) is 3.92. The van der Waals surface area contributed by atoms with E-state index in [1.165, 1.54) is 0 Å². The maximum absolute atomic E-state index is 10.7. The Morgan fingerprint density at radius 2 is 2.11 bits per heavy atom. The van der Waals surface area contributed by atoms with E-state index in [2.05, 4.69) is 21.0 Å². The molecule has 1 aromatic heterocycles. The number of carboxylic acid groups (broad SMARTS) is 1. The van der Waals surface area contributed by atoms with Crippen LogP contribution in [0.2, 0.25) is 0 Å². The van der Waals surface area contributed by atoms with E-state index in [1.807, 2.05) is 30.5 Å². The molecule has 0 aliphatic rings. The summed E-state index contributed by atoms with van der Waals surface area (Å²) < 4.78 is 2.63. The maximum Gasteiger partial charge on any atom is 0.320 e. The van der Waals surface area contributed by atoms with Gasteiger partial charge in [0.15, 0.2) is 0 Å². The van der Waals surface area contributed by atoms with Crippen molar-refractivity contribution in [2.45, 2.75) is 12.5 Å². The van der Waals surface area contributed by atoms with Crippen LogP contribution < -0.4 is 5.73 Å². The summed E-state index contributed by atoms with van der Waals surface area (Å²) in [6, 6.07) is 6.60. The molecule has 3 N–H and O–H groups in total. The van der Waals surface area contributed by atoms with E-state index in [-0.39, 0.29) is 0 Å². The van der Waals surface area contributed by atoms with Gasteiger partial charge in [0, 0.05) is 6.20 Å². The van der Waals surface area contributed by atoms with E-state index in [0.29, 0.717) is 6.42 Å². The summed E-state index contributed by atoms with van der Waals surface area (Å²) in [5.74, 6) is -0.991. The Morgan fingerprint density at radius 1 is 1.44 bits per heavy atom. The molecule has 2 rings (SSSR count). The molecule has 5 nitrogen and oxygen atoms in total. The van der Waals surface area contributed by atoms with Gasteiger partial charge < -0.3 is 10.8 Å². The Kier molecular flexibility index (Phi) is 3.78. The van der Waals surface area contributed by atoms with Gasteiger partial charge in [-0.2, -0.15) is 5.10 Å². The van der Waals surface area contributed by atoms with Crippen LogP contribution in [0, 0.1) is 0 Å². The van der Waals surface area contributed by atoms with Crippen molar-refractivity contribution in [2.75, 3.05) is 0 Å². The normalized spacial score (nSPS) is 12.3. The van der Waals surface area contributed by atoms with Gasteiger partial charge in [-0.3, -0.25) is 4.79 Å². The average Bonchev–Trinajstić information content (AvgIpc) is 2.76. The van der Waals surface area contributed by atoms with Crippen molar-refractivity contribution in [2.24, 2.45) is 5.73 Å². The lowest BCUT2D eigenvalue weighted by Gasteiger charge is -2.07. The molecule has 0 fully saturated rings. The first kappa shape index (κ1) is 12.8. The van der Waals surface area contributed by atoms with E-state index in [4.69, 9.17) is 10.8 Å². The van der Waals surface area contributed by atoms with Crippen LogP contribution in [0.15, 0.2) is 41.1 Å². The number of nitrogens with zero attached hydrogens (tertiary/aromatic N) is 2. The second kappa shape index (κ2) is 5.32. The summed E-state index contributed by atoms with van der Waals surface area (Å²) in [7, 11) is 0. The number of benzene rings is 1. The fraction of sp³-hybridized carbons (Fsp3) is 0.167. The highest BCUT2D eigenvalue weighted by Crippen LogP contribution is 2.13. The van der Waals surface area contributed by atoms with Crippen molar-refractivity contribution in [3.8, 4) is 5.69 Å². The molecule has 1 atom stereocenters. The number of nitrogens with two attached hydrogens (primary N) is 1. The monoisotopic (exact) mass is 309 g/mol. The molecule has 1 heterocycles. The minimum atomic E-state index is -0.991. The molecule has 2 aromatic rings. The summed E-state index contributed by atoms with van der Waals surface area (Å²) in [6.07, 6.45) is 3.87. The second-order valence-corrected chi connectivity index (χ2v) is 4.83. The number of aliphatic carboxylic acids is 1. The van der Waals surface area contributed by atoms with Gasteiger partial charge >= 0.3 is 5.97 Å². The molecule has 0 saturated heterocycles. The van der Waals surface area contributed by atoms with E-state index < -0.39 is 12.0 Å². The van der Waals surface area contributed by atoms with Crippen LogP contribution in [0.25, 0.3) is 5.69 Å². The molecule has 1 aromatic carbocycles. The van der Waals surface area contributed by atoms with Gasteiger partial charge in [-0.15, -0.1) is 0 Å². The minimum Gasteiger partial charge on any atom is -0.480 e. The topological polar surface area (TPSA) is 81.1 Å². The van der Waals surface area contributed by atoms with Gasteiger partial charge in [-0.1, -0.05) is 12.1 Å². The fourth-order valence-electron chi connectivity index (χ4n) is 1.57. The molecule has 6 heteroatoms. The van der Waals surface area contributed by atoms with Crippen LogP contribution in [-0.4, -0.2) is 26.9 Å². The Balaban J connectivity index is 2.13. The van der Waals surface area contributed by atoms with Crippen LogP contribution in [0.5, 0.6) is 0 Å². The third kappa shape index (κ3) is 2.96. The van der Waals surface area contributed by atoms with Crippen LogP contribution in [0.4, 0.5) is 0 Å². The molecule has 0 aliphatic carbocycles. The first-order valence-corrected chi connectivity index (χ1v) is 6.13. The van der Waals surface area contributed by atoms with Crippen molar-refractivity contribution < 1.29 is 9.90 Å². The number of rotatable bonds is 4. The minimum absolute atomic E-state index is 0.318. The summed E-state index contributed by atoms with van der Waals surface area (Å²) in [5.41, 5.74) is 7.28. The van der Waals surface area contributed by atoms with Crippen LogP contribution >= 0.6 is 15.9 Å². The van der Waals surface area contributed by atoms with Gasteiger partial charge in [0.1, 0.15) is 6.04 Å². The largest absolute Gasteiger partial charge is 0.480 e. The van der Waals surface area contributed by atoms with Crippen LogP contribution in [-0.2, 0) is 11.2 Å². The van der Waals surface area contributed by atoms with Gasteiger partial charge in [0.25, 0.3) is 0 Å². The predicted molar refractivity (Wildman–Crippen MR) is 70.6 cm³/mol. The first-order valence-electron chi connectivity index (χ1n) is 5.34. The Bertz CT molecular complexity index is 551. The standard InChI is InChI=1S/C12H12BrN3O2/c13-9-6-15-16(7-9)10-3-1-8(2-4-10)5-11(14)12(17)18/h1-4,6-7,11H,5,14H2,(H,17,18). The molecule has 0 bridgehead atoms. The zero-order valence-corrected chi connectivity index (χ0v) is 11.0. The lowest BCUT2D eigenvalue weighted by atomic mass is 10.1. The fourth-order valence-corrected chi connectivity index (χ4v) is 1.85. The molecule has 0 radical (unpaired) electrons. The highest BCUT2D eigenvalue weighted by molar-refractivity contribution is 9.10. The molecule has 0 amide bonds. The molecule has 0 spiro atoms. The average molecular weight is 310 g/mol. The van der Waals surface area contributed by atoms with Crippen molar-refractivity contribution in [3.63, 3.8) is 0 Å². The van der Waals surface area contributed by atoms with Crippen LogP contribution in [0.1, 0.15) is 5.56 Å². The van der Waals surface area contributed by atoms with E-state index in [1.54, 1.807) is 10.9 Å². The van der Waals surface area contributed by atoms with Crippen molar-refractivity contribution in [3.05, 3.63) is 46.7 Å². The number of halogens is 1. The molecule has 0 aliphatic heterocycles. The third-order valence-corrected chi connectivity index (χ3v) is 2.93. The summed E-state index contributed by atoms with van der Waals surface area (Å²) in [5, 5.41) is 12.9. The highest BCUT2D eigenvalue weighted by atomic mass is 79.9. The van der Waals surface area contributed by atoms with Crippen LogP contribution in [0.3, 0.4) is 0 Å². The predicted octanol–water partition coefficient (Wildman–Crippen LogP) is 1.59. The maximum atomic E-state index is 10.7. The van der Waals surface area contributed by atoms with Gasteiger partial charge in [-0.25, -0.2) is 4.68 Å². The van der Waals surface area contributed by atoms with Crippen molar-refractivity contribution in [1.29, 1.82) is 0 Å². The summed E-state index contributed by atoms with van der Waals surface area (Å²) in [4.78, 5) is 10.7. The van der Waals surface area contributed by atoms with Crippen molar-refractivity contribution >= 4 is 21.9 Å². The summed E-state index contributed by atoms with van der Waals surface area (Å²) >= 11 is 3.33. The molecule has 1 unspecified atom stereocenters. The Labute approximate surface area is 112 Å².